The first-order chi connectivity index (χ1) is 16.3. The van der Waals surface area contributed by atoms with E-state index < -0.39 is 22.0 Å². The van der Waals surface area contributed by atoms with E-state index in [4.69, 9.17) is 0 Å². The zero-order valence-electron chi connectivity index (χ0n) is 18.1. The average Bonchev–Trinajstić information content (AvgIpc) is 3.33. The second-order valence-corrected chi connectivity index (χ2v) is 10.6. The Morgan fingerprint density at radius 2 is 1.85 bits per heavy atom. The fourth-order valence-electron chi connectivity index (χ4n) is 3.25. The van der Waals surface area contributed by atoms with Crippen molar-refractivity contribution in [2.45, 2.75) is 23.6 Å². The van der Waals surface area contributed by atoms with Crippen LogP contribution in [0.3, 0.4) is 0 Å². The molecule has 0 radical (unpaired) electrons. The molecule has 0 aliphatic heterocycles. The summed E-state index contributed by atoms with van der Waals surface area (Å²) in [6.07, 6.45) is 1.48. The van der Waals surface area contributed by atoms with Gasteiger partial charge in [0.2, 0.25) is 0 Å². The topological polar surface area (TPSA) is 106 Å². The summed E-state index contributed by atoms with van der Waals surface area (Å²) < 4.78 is 28.2. The van der Waals surface area contributed by atoms with Crippen molar-refractivity contribution in [1.82, 2.24) is 9.71 Å². The van der Waals surface area contributed by atoms with Gasteiger partial charge in [0.15, 0.2) is 0 Å². The van der Waals surface area contributed by atoms with E-state index in [-0.39, 0.29) is 10.6 Å². The molecule has 1 N–H and O–H groups in total. The number of carbonyl (C=O) groups is 1. The number of amides is 1. The van der Waals surface area contributed by atoms with Gasteiger partial charge < -0.3 is 0 Å². The predicted molar refractivity (Wildman–Crippen MR) is 132 cm³/mol. The molecule has 34 heavy (non-hydrogen) atoms. The normalized spacial score (nSPS) is 12.0. The molecule has 1 atom stereocenters. The third-order valence-corrected chi connectivity index (χ3v) is 7.96. The van der Waals surface area contributed by atoms with Gasteiger partial charge in [0.05, 0.1) is 10.4 Å². The predicted octanol–water partition coefficient (Wildman–Crippen LogP) is 4.19. The number of benzene rings is 2. The molecule has 4 rings (SSSR count). The maximum absolute atomic E-state index is 12.9. The molecule has 1 unspecified atom stereocenters. The molecule has 2 heterocycles. The first-order valence-corrected chi connectivity index (χ1v) is 12.6. The van der Waals surface area contributed by atoms with E-state index in [2.05, 4.69) is 26.7 Å². The van der Waals surface area contributed by atoms with Crippen molar-refractivity contribution in [2.24, 2.45) is 5.18 Å². The lowest BCUT2D eigenvalue weighted by Crippen LogP contribution is -2.41. The van der Waals surface area contributed by atoms with Crippen molar-refractivity contribution in [3.63, 3.8) is 0 Å². The summed E-state index contributed by atoms with van der Waals surface area (Å²) in [6, 6.07) is 18.5. The lowest BCUT2D eigenvalue weighted by atomic mass is 10.1. The molecular weight excluding hydrogens is 470 g/mol. The van der Waals surface area contributed by atoms with Crippen LogP contribution in [0.5, 0.6) is 0 Å². The quantitative estimate of drug-likeness (QED) is 0.323. The lowest BCUT2D eigenvalue weighted by molar-refractivity contribution is -0.119. The van der Waals surface area contributed by atoms with Gasteiger partial charge in [-0.05, 0) is 55.3 Å². The maximum atomic E-state index is 12.9. The van der Waals surface area contributed by atoms with E-state index in [1.165, 1.54) is 6.07 Å². The Labute approximate surface area is 200 Å². The Morgan fingerprint density at radius 3 is 2.62 bits per heavy atom. The van der Waals surface area contributed by atoms with Crippen LogP contribution in [-0.2, 0) is 21.2 Å². The molecule has 9 heteroatoms. The minimum Gasteiger partial charge on any atom is -0.267 e. The number of rotatable bonds is 6. The Bertz CT molecular complexity index is 1530. The summed E-state index contributed by atoms with van der Waals surface area (Å²) in [5.41, 5.74) is 3.29. The van der Waals surface area contributed by atoms with Gasteiger partial charge >= 0.3 is 5.91 Å². The lowest BCUT2D eigenvalue weighted by Gasteiger charge is -2.14. The molecule has 0 spiro atoms. The van der Waals surface area contributed by atoms with Crippen molar-refractivity contribution in [3.8, 4) is 11.8 Å². The highest BCUT2D eigenvalue weighted by Crippen LogP contribution is 2.22. The summed E-state index contributed by atoms with van der Waals surface area (Å²) in [6.45, 7) is 1.98. The van der Waals surface area contributed by atoms with Crippen LogP contribution in [0.25, 0.3) is 10.9 Å². The molecule has 0 aliphatic carbocycles. The molecule has 0 aliphatic rings. The fraction of sp³-hybridized carbons (Fsp3) is 0.120. The summed E-state index contributed by atoms with van der Waals surface area (Å²) >= 11 is 0.975. The molecule has 2 aromatic heterocycles. The molecule has 0 bridgehead atoms. The third kappa shape index (κ3) is 5.61. The number of nitroso groups, excluding NO2 is 1. The second kappa shape index (κ2) is 10.1. The van der Waals surface area contributed by atoms with Crippen LogP contribution in [0.1, 0.15) is 21.6 Å². The number of hydrogen-bond donors (Lipinski definition) is 1. The third-order valence-electron chi connectivity index (χ3n) is 5.00. The van der Waals surface area contributed by atoms with Crippen LogP contribution in [0.15, 0.2) is 82.3 Å². The first kappa shape index (κ1) is 23.4. The number of aromatic nitrogens is 1. The summed E-state index contributed by atoms with van der Waals surface area (Å²) in [5.74, 6) is 4.84. The monoisotopic (exact) mass is 489 g/mol. The van der Waals surface area contributed by atoms with Crippen molar-refractivity contribution >= 4 is 38.2 Å². The van der Waals surface area contributed by atoms with Gasteiger partial charge in [-0.1, -0.05) is 47.7 Å². The Balaban J connectivity index is 1.53. The molecule has 7 nitrogen and oxygen atoms in total. The zero-order valence-corrected chi connectivity index (χ0v) is 19.7. The zero-order chi connectivity index (χ0) is 24.1. The molecule has 170 valence electrons. The maximum Gasteiger partial charge on any atom is 0.304 e. The number of aryl methyl sites for hydroxylation is 1. The second-order valence-electron chi connectivity index (χ2n) is 7.58. The summed E-state index contributed by atoms with van der Waals surface area (Å²) in [7, 11) is -4.08. The minimum absolute atomic E-state index is 0.0129. The van der Waals surface area contributed by atoms with Gasteiger partial charge in [0, 0.05) is 22.3 Å². The van der Waals surface area contributed by atoms with E-state index in [1.807, 2.05) is 55.5 Å². The average molecular weight is 490 g/mol. The van der Waals surface area contributed by atoms with E-state index >= 15 is 0 Å². The number of fused-ring (bicyclic) bond motifs is 1. The number of pyridine rings is 1. The van der Waals surface area contributed by atoms with Gasteiger partial charge in [-0.15, -0.1) is 16.2 Å². The van der Waals surface area contributed by atoms with Crippen LogP contribution >= 0.6 is 11.3 Å². The van der Waals surface area contributed by atoms with Crippen molar-refractivity contribution in [1.29, 1.82) is 0 Å². The number of thiophene rings is 1. The Morgan fingerprint density at radius 1 is 1.09 bits per heavy atom. The highest BCUT2D eigenvalue weighted by Gasteiger charge is 2.28. The van der Waals surface area contributed by atoms with Crippen molar-refractivity contribution < 1.29 is 13.2 Å². The Hall–Kier alpha value is -3.71. The van der Waals surface area contributed by atoms with Crippen LogP contribution < -0.4 is 4.72 Å². The minimum atomic E-state index is -4.08. The van der Waals surface area contributed by atoms with Gasteiger partial charge in [0.1, 0.15) is 10.3 Å². The molecule has 0 saturated heterocycles. The van der Waals surface area contributed by atoms with E-state index in [0.29, 0.717) is 10.4 Å². The van der Waals surface area contributed by atoms with Crippen LogP contribution in [0.2, 0.25) is 0 Å². The molecule has 4 aromatic rings. The molecule has 1 amide bonds. The highest BCUT2D eigenvalue weighted by atomic mass is 32.2. The highest BCUT2D eigenvalue weighted by molar-refractivity contribution is 7.91. The molecule has 2 aromatic carbocycles. The van der Waals surface area contributed by atoms with Crippen molar-refractivity contribution in [2.75, 3.05) is 0 Å². The smallest absolute Gasteiger partial charge is 0.267 e. The fourth-order valence-corrected chi connectivity index (χ4v) is 5.62. The summed E-state index contributed by atoms with van der Waals surface area (Å²) in [4.78, 5) is 28.0. The van der Waals surface area contributed by atoms with Crippen LogP contribution in [0.4, 0.5) is 0 Å². The Kier molecular flexibility index (Phi) is 6.93. The standard InChI is InChI=1S/C25H19N3O4S2/c1-17-6-8-18(9-7-17)10-11-21-12-13-24(33-21)34(31,32)28-23(25(29)27-30)15-19-14-20-4-2-3-5-22(20)26-16-19/h2-9,12-14,16,23,28H,15H2,1H3. The van der Waals surface area contributed by atoms with Gasteiger partial charge in [-0.25, -0.2) is 8.42 Å². The van der Waals surface area contributed by atoms with E-state index in [1.54, 1.807) is 18.3 Å². The van der Waals surface area contributed by atoms with Crippen LogP contribution in [-0.4, -0.2) is 25.4 Å². The summed E-state index contributed by atoms with van der Waals surface area (Å²) in [5, 5.41) is 3.28. The van der Waals surface area contributed by atoms with Gasteiger partial charge in [-0.3, -0.25) is 9.78 Å². The molecular formula is C25H19N3O4S2. The van der Waals surface area contributed by atoms with E-state index in [0.717, 1.165) is 33.4 Å². The number of nitrogens with zero attached hydrogens (tertiary/aromatic N) is 2. The van der Waals surface area contributed by atoms with E-state index in [9.17, 15) is 18.1 Å². The number of nitrogens with one attached hydrogen (secondary N) is 1. The largest absolute Gasteiger partial charge is 0.304 e. The van der Waals surface area contributed by atoms with Gasteiger partial charge in [-0.2, -0.15) is 4.72 Å². The number of hydrogen-bond acceptors (Lipinski definition) is 6. The first-order valence-electron chi connectivity index (χ1n) is 10.3. The number of para-hydroxylation sites is 1. The van der Waals surface area contributed by atoms with Crippen molar-refractivity contribution in [3.05, 3.63) is 99.4 Å². The van der Waals surface area contributed by atoms with Crippen LogP contribution in [0, 0.1) is 23.7 Å². The SMILES string of the molecule is Cc1ccc(C#Cc2ccc(S(=O)(=O)NC(Cc3cnc4ccccc4c3)C(=O)N=O)s2)cc1. The molecule has 0 fully saturated rings. The number of carbonyl (C=O) groups excluding carboxylic acids is 1. The molecule has 0 saturated carbocycles. The number of sulfonamides is 1. The van der Waals surface area contributed by atoms with Gasteiger partial charge in [0.25, 0.3) is 10.0 Å².